The Balaban J connectivity index is 2.00. The summed E-state index contributed by atoms with van der Waals surface area (Å²) in [7, 11) is 0. The first-order valence-electron chi connectivity index (χ1n) is 6.64. The van der Waals surface area contributed by atoms with Crippen LogP contribution in [0.4, 0.5) is 0 Å². The molecular weight excluding hydrogens is 290 g/mol. The van der Waals surface area contributed by atoms with E-state index in [-0.39, 0.29) is 5.38 Å². The van der Waals surface area contributed by atoms with E-state index >= 15 is 0 Å². The quantitative estimate of drug-likeness (QED) is 0.671. The molecule has 1 atom stereocenters. The molecule has 3 aromatic heterocycles. The summed E-state index contributed by atoms with van der Waals surface area (Å²) in [6.07, 6.45) is 2.86. The number of nitrogens with zero attached hydrogens (tertiary/aromatic N) is 3. The molecule has 0 amide bonds. The fraction of sp³-hybridized carbons (Fsp3) is 0.333. The third-order valence-electron chi connectivity index (χ3n) is 3.27. The minimum atomic E-state index is -0.118. The number of thiophene rings is 1. The van der Waals surface area contributed by atoms with E-state index in [2.05, 4.69) is 38.1 Å². The second-order valence-electron chi connectivity index (χ2n) is 4.92. The lowest BCUT2D eigenvalue weighted by Crippen LogP contribution is -2.07. The minimum Gasteiger partial charge on any atom is -0.311 e. The van der Waals surface area contributed by atoms with Crippen molar-refractivity contribution in [2.45, 2.75) is 32.2 Å². The number of fused-ring (bicyclic) bond motifs is 1. The first-order valence-corrected chi connectivity index (χ1v) is 7.96. The van der Waals surface area contributed by atoms with E-state index in [1.807, 2.05) is 20.0 Å². The Hall–Kier alpha value is -1.39. The smallest absolute Gasteiger partial charge is 0.160 e. The molecule has 0 bridgehead atoms. The summed E-state index contributed by atoms with van der Waals surface area (Å²) in [5, 5.41) is 1.99. The van der Waals surface area contributed by atoms with Crippen LogP contribution in [0.25, 0.3) is 11.2 Å². The Morgan fingerprint density at radius 1 is 1.45 bits per heavy atom. The molecule has 20 heavy (non-hydrogen) atoms. The Labute approximate surface area is 127 Å². The van der Waals surface area contributed by atoms with Crippen molar-refractivity contribution < 1.29 is 0 Å². The molecule has 0 spiro atoms. The standard InChI is InChI=1S/C15H16ClN3S/c1-10-8-13-15(17-9-10)19(14(18-13)11(2)16)6-5-12-4-3-7-20-12/h3-4,7-9,11H,5-6H2,1-2H3. The SMILES string of the molecule is Cc1cnc2c(c1)nc(C(C)Cl)n2CCc1cccs1. The van der Waals surface area contributed by atoms with Gasteiger partial charge >= 0.3 is 0 Å². The van der Waals surface area contributed by atoms with Crippen LogP contribution >= 0.6 is 22.9 Å². The van der Waals surface area contributed by atoms with Crippen LogP contribution in [0.3, 0.4) is 0 Å². The van der Waals surface area contributed by atoms with Gasteiger partial charge in [0.05, 0.1) is 5.38 Å². The van der Waals surface area contributed by atoms with Crippen LogP contribution in [0.5, 0.6) is 0 Å². The summed E-state index contributed by atoms with van der Waals surface area (Å²) < 4.78 is 2.14. The minimum absolute atomic E-state index is 0.118. The lowest BCUT2D eigenvalue weighted by molar-refractivity contribution is 0.667. The highest BCUT2D eigenvalue weighted by molar-refractivity contribution is 7.09. The molecule has 0 N–H and O–H groups in total. The van der Waals surface area contributed by atoms with Crippen molar-refractivity contribution in [1.29, 1.82) is 0 Å². The normalized spacial score (nSPS) is 12.9. The molecule has 0 fully saturated rings. The monoisotopic (exact) mass is 305 g/mol. The maximum atomic E-state index is 6.27. The van der Waals surface area contributed by atoms with Gasteiger partial charge in [-0.1, -0.05) is 6.07 Å². The topological polar surface area (TPSA) is 30.7 Å². The maximum absolute atomic E-state index is 6.27. The average molecular weight is 306 g/mol. The number of pyridine rings is 1. The van der Waals surface area contributed by atoms with Gasteiger partial charge in [-0.2, -0.15) is 0 Å². The first-order chi connectivity index (χ1) is 9.65. The number of alkyl halides is 1. The van der Waals surface area contributed by atoms with Crippen molar-refractivity contribution in [1.82, 2.24) is 14.5 Å². The molecule has 3 heterocycles. The number of imidazole rings is 1. The van der Waals surface area contributed by atoms with Gasteiger partial charge in [-0.15, -0.1) is 22.9 Å². The zero-order chi connectivity index (χ0) is 14.1. The van der Waals surface area contributed by atoms with Crippen LogP contribution in [-0.4, -0.2) is 14.5 Å². The molecule has 3 rings (SSSR count). The van der Waals surface area contributed by atoms with E-state index in [1.54, 1.807) is 11.3 Å². The zero-order valence-corrected chi connectivity index (χ0v) is 13.1. The lowest BCUT2D eigenvalue weighted by Gasteiger charge is -2.09. The van der Waals surface area contributed by atoms with Crippen molar-refractivity contribution in [2.24, 2.45) is 0 Å². The van der Waals surface area contributed by atoms with Crippen LogP contribution in [0.15, 0.2) is 29.8 Å². The van der Waals surface area contributed by atoms with Gasteiger partial charge in [0.1, 0.15) is 11.3 Å². The predicted molar refractivity (Wildman–Crippen MR) is 84.6 cm³/mol. The molecule has 1 unspecified atom stereocenters. The van der Waals surface area contributed by atoms with Gasteiger partial charge in [-0.3, -0.25) is 0 Å². The Morgan fingerprint density at radius 3 is 3.00 bits per heavy atom. The van der Waals surface area contributed by atoms with Crippen LogP contribution in [0, 0.1) is 6.92 Å². The van der Waals surface area contributed by atoms with Crippen LogP contribution in [0.2, 0.25) is 0 Å². The predicted octanol–water partition coefficient (Wildman–Crippen LogP) is 4.34. The fourth-order valence-corrected chi connectivity index (χ4v) is 3.19. The van der Waals surface area contributed by atoms with Crippen molar-refractivity contribution in [3.05, 3.63) is 46.0 Å². The van der Waals surface area contributed by atoms with Gasteiger partial charge in [0.2, 0.25) is 0 Å². The molecule has 3 nitrogen and oxygen atoms in total. The summed E-state index contributed by atoms with van der Waals surface area (Å²) in [6, 6.07) is 6.30. The van der Waals surface area contributed by atoms with Crippen molar-refractivity contribution >= 4 is 34.1 Å². The molecule has 5 heteroatoms. The van der Waals surface area contributed by atoms with Crippen LogP contribution in [0.1, 0.15) is 28.6 Å². The van der Waals surface area contributed by atoms with E-state index in [0.29, 0.717) is 0 Å². The first kappa shape index (κ1) is 13.6. The Bertz CT molecular complexity index is 716. The number of halogens is 1. The highest BCUT2D eigenvalue weighted by Crippen LogP contribution is 2.24. The zero-order valence-electron chi connectivity index (χ0n) is 11.5. The molecule has 0 aliphatic heterocycles. The van der Waals surface area contributed by atoms with Gasteiger partial charge in [0, 0.05) is 17.6 Å². The van der Waals surface area contributed by atoms with Gasteiger partial charge < -0.3 is 4.57 Å². The van der Waals surface area contributed by atoms with Crippen molar-refractivity contribution in [2.75, 3.05) is 0 Å². The number of aryl methyl sites for hydroxylation is 3. The van der Waals surface area contributed by atoms with E-state index < -0.39 is 0 Å². The summed E-state index contributed by atoms with van der Waals surface area (Å²) in [6.45, 7) is 4.84. The molecule has 0 aliphatic carbocycles. The van der Waals surface area contributed by atoms with E-state index in [1.165, 1.54) is 4.88 Å². The molecule has 0 saturated heterocycles. The Kier molecular flexibility index (Phi) is 3.76. The largest absolute Gasteiger partial charge is 0.311 e. The number of rotatable bonds is 4. The molecule has 0 aromatic carbocycles. The molecule has 104 valence electrons. The van der Waals surface area contributed by atoms with Crippen molar-refractivity contribution in [3.8, 4) is 0 Å². The number of hydrogen-bond donors (Lipinski definition) is 0. The molecule has 0 radical (unpaired) electrons. The third kappa shape index (κ3) is 2.58. The van der Waals surface area contributed by atoms with Crippen molar-refractivity contribution in [3.63, 3.8) is 0 Å². The molecule has 0 aliphatic rings. The highest BCUT2D eigenvalue weighted by atomic mass is 35.5. The molecular formula is C15H16ClN3S. The van der Waals surface area contributed by atoms with Gasteiger partial charge in [0.15, 0.2) is 5.65 Å². The number of hydrogen-bond acceptors (Lipinski definition) is 3. The maximum Gasteiger partial charge on any atom is 0.160 e. The van der Waals surface area contributed by atoms with Gasteiger partial charge in [0.25, 0.3) is 0 Å². The summed E-state index contributed by atoms with van der Waals surface area (Å²) in [5.74, 6) is 0.899. The summed E-state index contributed by atoms with van der Waals surface area (Å²) >= 11 is 8.05. The van der Waals surface area contributed by atoms with Crippen LogP contribution < -0.4 is 0 Å². The van der Waals surface area contributed by atoms with E-state index in [0.717, 1.165) is 35.5 Å². The average Bonchev–Trinajstić information content (AvgIpc) is 3.02. The third-order valence-corrected chi connectivity index (χ3v) is 4.40. The lowest BCUT2D eigenvalue weighted by atomic mass is 10.3. The second kappa shape index (κ2) is 5.54. The summed E-state index contributed by atoms with van der Waals surface area (Å²) in [5.41, 5.74) is 2.97. The fourth-order valence-electron chi connectivity index (χ4n) is 2.33. The van der Waals surface area contributed by atoms with E-state index in [4.69, 9.17) is 11.6 Å². The Morgan fingerprint density at radius 2 is 2.30 bits per heavy atom. The highest BCUT2D eigenvalue weighted by Gasteiger charge is 2.16. The summed E-state index contributed by atoms with van der Waals surface area (Å²) in [4.78, 5) is 10.5. The molecule has 0 saturated carbocycles. The van der Waals surface area contributed by atoms with E-state index in [9.17, 15) is 0 Å². The van der Waals surface area contributed by atoms with Gasteiger partial charge in [-0.05, 0) is 43.3 Å². The molecule has 3 aromatic rings. The second-order valence-corrected chi connectivity index (χ2v) is 6.61. The van der Waals surface area contributed by atoms with Crippen LogP contribution in [-0.2, 0) is 13.0 Å². The van der Waals surface area contributed by atoms with Gasteiger partial charge in [-0.25, -0.2) is 9.97 Å². The number of aromatic nitrogens is 3.